The molecule has 3 rings (SSSR count). The van der Waals surface area contributed by atoms with Crippen molar-refractivity contribution in [1.29, 1.82) is 0 Å². The Morgan fingerprint density at radius 1 is 1.30 bits per heavy atom. The highest BCUT2D eigenvalue weighted by Gasteiger charge is 2.18. The monoisotopic (exact) mass is 417 g/mol. The van der Waals surface area contributed by atoms with Gasteiger partial charge in [-0.25, -0.2) is 9.78 Å². The van der Waals surface area contributed by atoms with E-state index in [0.717, 1.165) is 30.5 Å². The summed E-state index contributed by atoms with van der Waals surface area (Å²) in [7, 11) is 2.98. The lowest BCUT2D eigenvalue weighted by Gasteiger charge is -2.12. The topological polar surface area (TPSA) is 98.0 Å². The van der Waals surface area contributed by atoms with Crippen LogP contribution in [0.15, 0.2) is 15.7 Å². The lowest BCUT2D eigenvalue weighted by atomic mass is 10.1. The van der Waals surface area contributed by atoms with Gasteiger partial charge in [0, 0.05) is 20.6 Å². The van der Waals surface area contributed by atoms with E-state index in [1.54, 1.807) is 20.0 Å². The van der Waals surface area contributed by atoms with E-state index < -0.39 is 11.2 Å². The second-order valence-corrected chi connectivity index (χ2v) is 6.63. The quantitative estimate of drug-likeness (QED) is 0.754. The van der Waals surface area contributed by atoms with Gasteiger partial charge in [-0.05, 0) is 50.4 Å². The Labute approximate surface area is 169 Å². The average Bonchev–Trinajstić information content (AvgIpc) is 3.10. The van der Waals surface area contributed by atoms with Crippen LogP contribution in [0.25, 0.3) is 11.0 Å². The predicted octanol–water partition coefficient (Wildman–Crippen LogP) is 0.514. The van der Waals surface area contributed by atoms with Crippen LogP contribution in [-0.4, -0.2) is 39.7 Å². The van der Waals surface area contributed by atoms with Gasteiger partial charge < -0.3 is 10.6 Å². The minimum atomic E-state index is -0.462. The standard InChI is InChI=1S/C17H23N5O3.2ClH/c1-10-8-12(15(23)19-7-5-11-4-6-18-9-11)20-14-13(10)16(24)22(3)17(25)21(14)2;;/h8,11,18H,4-7,9H2,1-3H3,(H,19,23);2*1H. The molecule has 1 amide bonds. The molecule has 1 atom stereocenters. The van der Waals surface area contributed by atoms with Crippen molar-refractivity contribution in [3.8, 4) is 0 Å². The first-order valence-electron chi connectivity index (χ1n) is 8.46. The van der Waals surface area contributed by atoms with Gasteiger partial charge in [-0.1, -0.05) is 0 Å². The van der Waals surface area contributed by atoms with Gasteiger partial charge >= 0.3 is 5.69 Å². The Morgan fingerprint density at radius 2 is 2.00 bits per heavy atom. The summed E-state index contributed by atoms with van der Waals surface area (Å²) in [6.45, 7) is 4.36. The molecule has 0 saturated carbocycles. The van der Waals surface area contributed by atoms with E-state index in [4.69, 9.17) is 0 Å². The molecular weight excluding hydrogens is 393 g/mol. The van der Waals surface area contributed by atoms with Gasteiger partial charge in [0.15, 0.2) is 0 Å². The maximum atomic E-state index is 12.4. The number of carbonyl (C=O) groups is 1. The molecule has 1 saturated heterocycles. The number of nitrogens with zero attached hydrogens (tertiary/aromatic N) is 3. The second kappa shape index (κ2) is 9.34. The van der Waals surface area contributed by atoms with Crippen LogP contribution >= 0.6 is 24.8 Å². The Morgan fingerprint density at radius 3 is 2.63 bits per heavy atom. The largest absolute Gasteiger partial charge is 0.351 e. The molecule has 0 aliphatic carbocycles. The van der Waals surface area contributed by atoms with Crippen LogP contribution in [0.1, 0.15) is 28.9 Å². The molecule has 8 nitrogen and oxygen atoms in total. The molecule has 2 aromatic rings. The molecule has 3 heterocycles. The minimum Gasteiger partial charge on any atom is -0.351 e. The number of nitrogens with one attached hydrogen (secondary N) is 2. The predicted molar refractivity (Wildman–Crippen MR) is 109 cm³/mol. The van der Waals surface area contributed by atoms with E-state index in [9.17, 15) is 14.4 Å². The first-order chi connectivity index (χ1) is 11.9. The van der Waals surface area contributed by atoms with Crippen LogP contribution in [-0.2, 0) is 14.1 Å². The van der Waals surface area contributed by atoms with Gasteiger partial charge in [0.2, 0.25) is 0 Å². The minimum absolute atomic E-state index is 0. The van der Waals surface area contributed by atoms with Crippen molar-refractivity contribution in [1.82, 2.24) is 24.8 Å². The molecule has 0 radical (unpaired) electrons. The van der Waals surface area contributed by atoms with E-state index >= 15 is 0 Å². The van der Waals surface area contributed by atoms with Crippen LogP contribution in [0.5, 0.6) is 0 Å². The number of pyridine rings is 1. The molecule has 27 heavy (non-hydrogen) atoms. The lowest BCUT2D eigenvalue weighted by Crippen LogP contribution is -2.38. The second-order valence-electron chi connectivity index (χ2n) is 6.63. The highest BCUT2D eigenvalue weighted by Crippen LogP contribution is 2.13. The van der Waals surface area contributed by atoms with Crippen molar-refractivity contribution in [2.45, 2.75) is 19.8 Å². The van der Waals surface area contributed by atoms with Gasteiger partial charge in [-0.15, -0.1) is 24.8 Å². The summed E-state index contributed by atoms with van der Waals surface area (Å²) in [5.41, 5.74) is 0.224. The highest BCUT2D eigenvalue weighted by molar-refractivity contribution is 5.95. The number of aryl methyl sites for hydroxylation is 2. The molecule has 1 unspecified atom stereocenters. The molecule has 1 aliphatic rings. The van der Waals surface area contributed by atoms with Crippen LogP contribution in [0.2, 0.25) is 0 Å². The van der Waals surface area contributed by atoms with Crippen LogP contribution in [0.3, 0.4) is 0 Å². The van der Waals surface area contributed by atoms with Crippen molar-refractivity contribution < 1.29 is 4.79 Å². The van der Waals surface area contributed by atoms with E-state index in [1.165, 1.54) is 11.6 Å². The zero-order valence-corrected chi connectivity index (χ0v) is 17.2. The lowest BCUT2D eigenvalue weighted by molar-refractivity contribution is 0.0947. The fourth-order valence-electron chi connectivity index (χ4n) is 3.29. The van der Waals surface area contributed by atoms with Gasteiger partial charge in [-0.2, -0.15) is 0 Å². The van der Waals surface area contributed by atoms with Gasteiger partial charge in [0.1, 0.15) is 11.3 Å². The number of fused-ring (bicyclic) bond motifs is 1. The molecule has 2 N–H and O–H groups in total. The van der Waals surface area contributed by atoms with Crippen molar-refractivity contribution in [2.24, 2.45) is 20.0 Å². The van der Waals surface area contributed by atoms with Crippen molar-refractivity contribution in [2.75, 3.05) is 19.6 Å². The Hall–Kier alpha value is -1.90. The number of hydrogen-bond donors (Lipinski definition) is 2. The first-order valence-corrected chi connectivity index (χ1v) is 8.46. The Balaban J connectivity index is 0.00000182. The Bertz CT molecular complexity index is 948. The van der Waals surface area contributed by atoms with E-state index in [0.29, 0.717) is 23.4 Å². The van der Waals surface area contributed by atoms with Gasteiger partial charge in [0.05, 0.1) is 5.39 Å². The molecule has 2 aromatic heterocycles. The fraction of sp³-hybridized carbons (Fsp3) is 0.529. The molecule has 0 spiro atoms. The number of hydrogen-bond acceptors (Lipinski definition) is 5. The summed E-state index contributed by atoms with van der Waals surface area (Å²) < 4.78 is 2.34. The third-order valence-corrected chi connectivity index (χ3v) is 4.84. The summed E-state index contributed by atoms with van der Waals surface area (Å²) in [4.78, 5) is 41.1. The molecule has 10 heteroatoms. The molecule has 1 aliphatic heterocycles. The van der Waals surface area contributed by atoms with E-state index in [-0.39, 0.29) is 42.1 Å². The van der Waals surface area contributed by atoms with Crippen molar-refractivity contribution in [3.05, 3.63) is 38.2 Å². The maximum absolute atomic E-state index is 12.4. The number of carbonyl (C=O) groups excluding carboxylic acids is 1. The number of halogens is 2. The average molecular weight is 418 g/mol. The number of amides is 1. The van der Waals surface area contributed by atoms with E-state index in [1.807, 2.05) is 0 Å². The Kier molecular flexibility index (Phi) is 8.01. The zero-order valence-electron chi connectivity index (χ0n) is 15.6. The maximum Gasteiger partial charge on any atom is 0.332 e. The third-order valence-electron chi connectivity index (χ3n) is 4.84. The zero-order chi connectivity index (χ0) is 18.1. The summed E-state index contributed by atoms with van der Waals surface area (Å²) in [6, 6.07) is 1.60. The van der Waals surface area contributed by atoms with Crippen molar-refractivity contribution in [3.63, 3.8) is 0 Å². The number of aromatic nitrogens is 3. The van der Waals surface area contributed by atoms with Gasteiger partial charge in [0.25, 0.3) is 11.5 Å². The fourth-order valence-corrected chi connectivity index (χ4v) is 3.29. The van der Waals surface area contributed by atoms with Crippen LogP contribution in [0, 0.1) is 12.8 Å². The van der Waals surface area contributed by atoms with Crippen LogP contribution in [0.4, 0.5) is 0 Å². The van der Waals surface area contributed by atoms with E-state index in [2.05, 4.69) is 15.6 Å². The molecule has 150 valence electrons. The molecule has 0 aromatic carbocycles. The molecule has 1 fully saturated rings. The summed E-state index contributed by atoms with van der Waals surface area (Å²) in [6.07, 6.45) is 2.05. The van der Waals surface area contributed by atoms with Crippen LogP contribution < -0.4 is 21.9 Å². The number of rotatable bonds is 4. The third kappa shape index (κ3) is 4.51. The molecule has 0 bridgehead atoms. The SMILES string of the molecule is Cc1cc(C(=O)NCCC2CCNC2)nc2c1c(=O)n(C)c(=O)n2C.Cl.Cl. The highest BCUT2D eigenvalue weighted by atomic mass is 35.5. The summed E-state index contributed by atoms with van der Waals surface area (Å²) >= 11 is 0. The summed E-state index contributed by atoms with van der Waals surface area (Å²) in [5.74, 6) is 0.305. The normalized spacial score (nSPS) is 15.9. The summed E-state index contributed by atoms with van der Waals surface area (Å²) in [5, 5.41) is 6.54. The van der Waals surface area contributed by atoms with Gasteiger partial charge in [-0.3, -0.25) is 18.7 Å². The van der Waals surface area contributed by atoms with Crippen molar-refractivity contribution >= 4 is 41.8 Å². The molecular formula is C17H25Cl2N5O3. The smallest absolute Gasteiger partial charge is 0.332 e. The first kappa shape index (κ1) is 23.1.